The Kier molecular flexibility index (Phi) is 4.20. The van der Waals surface area contributed by atoms with Crippen molar-refractivity contribution in [3.8, 4) is 0 Å². The highest BCUT2D eigenvalue weighted by Gasteiger charge is 2.32. The minimum Gasteiger partial charge on any atom is -0.394 e. The maximum absolute atomic E-state index is 12.6. The lowest BCUT2D eigenvalue weighted by atomic mass is 10.1. The van der Waals surface area contributed by atoms with Crippen LogP contribution in [0.3, 0.4) is 0 Å². The lowest BCUT2D eigenvalue weighted by Crippen LogP contribution is -2.53. The molecule has 1 aliphatic heterocycles. The molecule has 20 heavy (non-hydrogen) atoms. The third kappa shape index (κ3) is 2.59. The summed E-state index contributed by atoms with van der Waals surface area (Å²) in [6.07, 6.45) is -0.405. The van der Waals surface area contributed by atoms with Crippen LogP contribution in [-0.4, -0.2) is 58.0 Å². The number of carbonyl (C=O) groups excluding carboxylic acids is 1. The van der Waals surface area contributed by atoms with E-state index in [9.17, 15) is 9.59 Å². The van der Waals surface area contributed by atoms with Gasteiger partial charge in [-0.05, 0) is 26.3 Å². The SMILES string of the molecule is Cc1n[nH]c(=O)c(C(=O)N2CC(CO)OCC2C)c1C. The highest BCUT2D eigenvalue weighted by atomic mass is 16.5. The van der Waals surface area contributed by atoms with E-state index in [1.807, 2.05) is 6.92 Å². The predicted octanol–water partition coefficient (Wildman–Crippen LogP) is -0.391. The summed E-state index contributed by atoms with van der Waals surface area (Å²) >= 11 is 0. The minimum atomic E-state index is -0.489. The zero-order valence-electron chi connectivity index (χ0n) is 11.8. The standard InChI is InChI=1S/C13H19N3O4/c1-7-6-20-10(5-17)4-16(7)13(19)11-8(2)9(3)14-15-12(11)18/h7,10,17H,4-6H2,1-3H3,(H,15,18). The van der Waals surface area contributed by atoms with Gasteiger partial charge in [-0.1, -0.05) is 0 Å². The van der Waals surface area contributed by atoms with Crippen LogP contribution in [0, 0.1) is 13.8 Å². The van der Waals surface area contributed by atoms with E-state index in [4.69, 9.17) is 9.84 Å². The van der Waals surface area contributed by atoms with Crippen LogP contribution in [0.25, 0.3) is 0 Å². The first kappa shape index (κ1) is 14.7. The summed E-state index contributed by atoms with van der Waals surface area (Å²) in [6.45, 7) is 5.76. The number of aromatic nitrogens is 2. The Bertz CT molecular complexity index is 569. The number of aliphatic hydroxyl groups excluding tert-OH is 1. The zero-order chi connectivity index (χ0) is 14.9. The van der Waals surface area contributed by atoms with Gasteiger partial charge >= 0.3 is 0 Å². The molecule has 1 fully saturated rings. The number of aromatic amines is 1. The molecule has 0 saturated carbocycles. The number of carbonyl (C=O) groups is 1. The number of hydrogen-bond acceptors (Lipinski definition) is 5. The molecule has 0 spiro atoms. The fourth-order valence-corrected chi connectivity index (χ4v) is 2.24. The smallest absolute Gasteiger partial charge is 0.277 e. The number of amides is 1. The Hall–Kier alpha value is -1.73. The van der Waals surface area contributed by atoms with E-state index < -0.39 is 11.7 Å². The van der Waals surface area contributed by atoms with Crippen LogP contribution in [-0.2, 0) is 4.74 Å². The quantitative estimate of drug-likeness (QED) is 0.769. The van der Waals surface area contributed by atoms with E-state index in [1.165, 1.54) is 0 Å². The van der Waals surface area contributed by atoms with Crippen molar-refractivity contribution < 1.29 is 14.6 Å². The van der Waals surface area contributed by atoms with E-state index in [-0.39, 0.29) is 30.7 Å². The van der Waals surface area contributed by atoms with Crippen LogP contribution in [0.5, 0.6) is 0 Å². The van der Waals surface area contributed by atoms with Crippen LogP contribution < -0.4 is 5.56 Å². The highest BCUT2D eigenvalue weighted by Crippen LogP contribution is 2.16. The fraction of sp³-hybridized carbons (Fsp3) is 0.615. The molecule has 0 radical (unpaired) electrons. The van der Waals surface area contributed by atoms with E-state index in [2.05, 4.69) is 10.2 Å². The lowest BCUT2D eigenvalue weighted by Gasteiger charge is -2.37. The fourth-order valence-electron chi connectivity index (χ4n) is 2.24. The topological polar surface area (TPSA) is 95.5 Å². The van der Waals surface area contributed by atoms with Crippen molar-refractivity contribution >= 4 is 5.91 Å². The number of nitrogens with zero attached hydrogens (tertiary/aromatic N) is 2. The van der Waals surface area contributed by atoms with Gasteiger partial charge in [-0.2, -0.15) is 5.10 Å². The number of rotatable bonds is 2. The van der Waals surface area contributed by atoms with E-state index in [0.29, 0.717) is 17.9 Å². The molecule has 1 amide bonds. The van der Waals surface area contributed by atoms with Crippen molar-refractivity contribution in [2.24, 2.45) is 0 Å². The monoisotopic (exact) mass is 281 g/mol. The molecule has 7 nitrogen and oxygen atoms in total. The van der Waals surface area contributed by atoms with E-state index in [0.717, 1.165) is 0 Å². The summed E-state index contributed by atoms with van der Waals surface area (Å²) in [5, 5.41) is 15.3. The van der Waals surface area contributed by atoms with E-state index in [1.54, 1.807) is 18.7 Å². The van der Waals surface area contributed by atoms with Gasteiger partial charge in [0.05, 0.1) is 31.1 Å². The molecule has 2 unspecified atom stereocenters. The number of ether oxygens (including phenoxy) is 1. The average Bonchev–Trinajstić information content (AvgIpc) is 2.43. The Balaban J connectivity index is 2.36. The van der Waals surface area contributed by atoms with Gasteiger partial charge in [-0.15, -0.1) is 0 Å². The van der Waals surface area contributed by atoms with Crippen LogP contribution in [0.15, 0.2) is 4.79 Å². The van der Waals surface area contributed by atoms with Crippen molar-refractivity contribution in [1.82, 2.24) is 15.1 Å². The summed E-state index contributed by atoms with van der Waals surface area (Å²) in [6, 6.07) is -0.141. The first-order valence-corrected chi connectivity index (χ1v) is 6.55. The summed E-state index contributed by atoms with van der Waals surface area (Å²) in [4.78, 5) is 26.1. The van der Waals surface area contributed by atoms with Gasteiger partial charge in [0.2, 0.25) is 0 Å². The Labute approximate surface area is 116 Å². The van der Waals surface area contributed by atoms with Crippen LogP contribution in [0.4, 0.5) is 0 Å². The second-order valence-corrected chi connectivity index (χ2v) is 5.08. The molecule has 1 aromatic heterocycles. The first-order chi connectivity index (χ1) is 9.45. The van der Waals surface area contributed by atoms with Gasteiger partial charge in [-0.3, -0.25) is 9.59 Å². The molecule has 1 saturated heterocycles. The van der Waals surface area contributed by atoms with E-state index >= 15 is 0 Å². The third-order valence-electron chi connectivity index (χ3n) is 3.65. The number of H-pyrrole nitrogens is 1. The maximum Gasteiger partial charge on any atom is 0.277 e. The molecule has 7 heteroatoms. The molecule has 2 atom stereocenters. The highest BCUT2D eigenvalue weighted by molar-refractivity contribution is 5.95. The Morgan fingerprint density at radius 3 is 2.90 bits per heavy atom. The van der Waals surface area contributed by atoms with Crippen LogP contribution >= 0.6 is 0 Å². The Morgan fingerprint density at radius 1 is 1.55 bits per heavy atom. The van der Waals surface area contributed by atoms with Crippen LogP contribution in [0.2, 0.25) is 0 Å². The molecule has 0 aromatic carbocycles. The molecular weight excluding hydrogens is 262 g/mol. The molecule has 1 aromatic rings. The van der Waals surface area contributed by atoms with Crippen molar-refractivity contribution in [2.75, 3.05) is 19.8 Å². The molecule has 2 N–H and O–H groups in total. The summed E-state index contributed by atoms with van der Waals surface area (Å²) in [5.74, 6) is -0.344. The van der Waals surface area contributed by atoms with Gasteiger partial charge in [-0.25, -0.2) is 5.10 Å². The predicted molar refractivity (Wildman–Crippen MR) is 71.7 cm³/mol. The number of morpholine rings is 1. The summed E-state index contributed by atoms with van der Waals surface area (Å²) < 4.78 is 5.40. The van der Waals surface area contributed by atoms with Crippen molar-refractivity contribution in [3.63, 3.8) is 0 Å². The Morgan fingerprint density at radius 2 is 2.25 bits per heavy atom. The molecule has 2 rings (SSSR count). The molecule has 1 aliphatic rings. The molecule has 110 valence electrons. The van der Waals surface area contributed by atoms with Gasteiger partial charge in [0, 0.05) is 6.54 Å². The number of aryl methyl sites for hydroxylation is 1. The van der Waals surface area contributed by atoms with Crippen LogP contribution in [0.1, 0.15) is 28.5 Å². The second kappa shape index (κ2) is 5.72. The molecule has 0 bridgehead atoms. The second-order valence-electron chi connectivity index (χ2n) is 5.08. The van der Waals surface area contributed by atoms with Crippen molar-refractivity contribution in [1.29, 1.82) is 0 Å². The normalized spacial score (nSPS) is 22.9. The summed E-state index contributed by atoms with van der Waals surface area (Å²) in [5.41, 5.74) is 0.825. The average molecular weight is 281 g/mol. The van der Waals surface area contributed by atoms with Gasteiger partial charge in [0.15, 0.2) is 0 Å². The molecule has 2 heterocycles. The molecular formula is C13H19N3O4. The van der Waals surface area contributed by atoms with Gasteiger partial charge < -0.3 is 14.7 Å². The van der Waals surface area contributed by atoms with Gasteiger partial charge in [0.1, 0.15) is 5.56 Å². The lowest BCUT2D eigenvalue weighted by molar-refractivity contribution is -0.0668. The number of aliphatic hydroxyl groups is 1. The summed E-state index contributed by atoms with van der Waals surface area (Å²) in [7, 11) is 0. The van der Waals surface area contributed by atoms with Crippen molar-refractivity contribution in [2.45, 2.75) is 32.9 Å². The number of nitrogens with one attached hydrogen (secondary N) is 1. The maximum atomic E-state index is 12.6. The largest absolute Gasteiger partial charge is 0.394 e. The number of hydrogen-bond donors (Lipinski definition) is 2. The third-order valence-corrected chi connectivity index (χ3v) is 3.65. The zero-order valence-corrected chi connectivity index (χ0v) is 11.8. The first-order valence-electron chi connectivity index (χ1n) is 6.55. The molecule has 0 aliphatic carbocycles. The minimum absolute atomic E-state index is 0.114. The van der Waals surface area contributed by atoms with Crippen molar-refractivity contribution in [3.05, 3.63) is 27.2 Å². The van der Waals surface area contributed by atoms with Gasteiger partial charge in [0.25, 0.3) is 11.5 Å².